The standard InChI is InChI=1S/C13H22N2O7.H3O4P/c1-6(17)15-10-7(14)4-9(13(19)21-3)22-12(10)11(20-2)8(18)5-16;1-5(2,3)4/h4,7-8,10-12,16,18H,5,14H2,1-3H3,(H,15,17);(H3,1,2,3,4)/t7-,8+,10+,11+,12+;/m0./s1. The molecule has 0 saturated carbocycles. The van der Waals surface area contributed by atoms with E-state index in [0.29, 0.717) is 0 Å². The molecule has 158 valence electrons. The zero-order valence-electron chi connectivity index (χ0n) is 14.9. The molecule has 13 nitrogen and oxygen atoms in total. The molecule has 5 atom stereocenters. The van der Waals surface area contributed by atoms with E-state index in [9.17, 15) is 14.7 Å². The van der Waals surface area contributed by atoms with Gasteiger partial charge in [-0.3, -0.25) is 4.79 Å². The van der Waals surface area contributed by atoms with Crippen molar-refractivity contribution in [1.29, 1.82) is 0 Å². The number of nitrogens with one attached hydrogen (secondary N) is 1. The third kappa shape index (κ3) is 9.26. The summed E-state index contributed by atoms with van der Waals surface area (Å²) in [6, 6.07) is -1.52. The Morgan fingerprint density at radius 2 is 1.89 bits per heavy atom. The number of rotatable bonds is 6. The number of methoxy groups -OCH3 is 2. The quantitative estimate of drug-likeness (QED) is 0.167. The number of phosphoric acid groups is 1. The first-order valence-electron chi connectivity index (χ1n) is 7.45. The van der Waals surface area contributed by atoms with Gasteiger partial charge in [0.15, 0.2) is 0 Å². The van der Waals surface area contributed by atoms with Crippen molar-refractivity contribution in [3.05, 3.63) is 11.8 Å². The highest BCUT2D eigenvalue weighted by Crippen LogP contribution is 2.26. The van der Waals surface area contributed by atoms with E-state index in [2.05, 4.69) is 10.1 Å². The van der Waals surface area contributed by atoms with Crippen LogP contribution in [0, 0.1) is 0 Å². The summed E-state index contributed by atoms with van der Waals surface area (Å²) in [6.07, 6.45) is -1.96. The molecule has 0 fully saturated rings. The number of nitrogens with two attached hydrogens (primary N) is 1. The lowest BCUT2D eigenvalue weighted by Gasteiger charge is -2.40. The first-order chi connectivity index (χ1) is 12.3. The van der Waals surface area contributed by atoms with Crippen molar-refractivity contribution in [3.63, 3.8) is 0 Å². The summed E-state index contributed by atoms with van der Waals surface area (Å²) in [4.78, 5) is 44.5. The zero-order chi connectivity index (χ0) is 21.4. The summed E-state index contributed by atoms with van der Waals surface area (Å²) >= 11 is 0. The minimum atomic E-state index is -4.64. The lowest BCUT2D eigenvalue weighted by Crippen LogP contribution is -2.62. The maximum absolute atomic E-state index is 11.6. The van der Waals surface area contributed by atoms with Crippen molar-refractivity contribution in [1.82, 2.24) is 5.32 Å². The lowest BCUT2D eigenvalue weighted by molar-refractivity contribution is -0.151. The van der Waals surface area contributed by atoms with Gasteiger partial charge in [0, 0.05) is 14.0 Å². The van der Waals surface area contributed by atoms with Crippen LogP contribution >= 0.6 is 7.82 Å². The lowest BCUT2D eigenvalue weighted by atomic mass is 9.92. The van der Waals surface area contributed by atoms with Gasteiger partial charge in [-0.2, -0.15) is 0 Å². The fourth-order valence-corrected chi connectivity index (χ4v) is 2.27. The van der Waals surface area contributed by atoms with Gasteiger partial charge in [-0.05, 0) is 6.08 Å². The van der Waals surface area contributed by atoms with Crippen LogP contribution in [0.5, 0.6) is 0 Å². The molecule has 0 saturated heterocycles. The molecule has 0 aromatic rings. The molecule has 0 unspecified atom stereocenters. The Bertz CT molecular complexity index is 570. The van der Waals surface area contributed by atoms with E-state index in [1.165, 1.54) is 27.2 Å². The average Bonchev–Trinajstić information content (AvgIpc) is 2.55. The average molecular weight is 416 g/mol. The van der Waals surface area contributed by atoms with Gasteiger partial charge in [-0.15, -0.1) is 0 Å². The number of hydrogen-bond donors (Lipinski definition) is 7. The van der Waals surface area contributed by atoms with E-state index in [1.54, 1.807) is 0 Å². The summed E-state index contributed by atoms with van der Waals surface area (Å²) in [5.41, 5.74) is 5.96. The van der Waals surface area contributed by atoms with E-state index in [4.69, 9.17) is 39.6 Å². The number of esters is 1. The van der Waals surface area contributed by atoms with E-state index >= 15 is 0 Å². The van der Waals surface area contributed by atoms with E-state index in [0.717, 1.165) is 0 Å². The SMILES string of the molecule is COC(=O)C1=C[C@H](N)[C@@H](NC(C)=O)[C@H]([C@H](OC)[C@H](O)CO)O1.O=P(O)(O)O. The van der Waals surface area contributed by atoms with Gasteiger partial charge in [-0.25, -0.2) is 9.36 Å². The minimum Gasteiger partial charge on any atom is -0.478 e. The van der Waals surface area contributed by atoms with Crippen LogP contribution in [-0.2, 0) is 28.4 Å². The third-order valence-electron chi connectivity index (χ3n) is 3.29. The molecule has 0 aliphatic carbocycles. The summed E-state index contributed by atoms with van der Waals surface area (Å²) in [6.45, 7) is 0.714. The predicted octanol–water partition coefficient (Wildman–Crippen LogP) is -3.29. The fraction of sp³-hybridized carbons (Fsp3) is 0.692. The van der Waals surface area contributed by atoms with Crippen molar-refractivity contribution in [2.24, 2.45) is 5.73 Å². The number of aliphatic hydroxyl groups is 2. The highest BCUT2D eigenvalue weighted by atomic mass is 31.2. The maximum atomic E-state index is 11.6. The van der Waals surface area contributed by atoms with Crippen LogP contribution in [0.1, 0.15) is 6.92 Å². The molecule has 1 aliphatic heterocycles. The first kappa shape index (κ1) is 25.4. The second-order valence-electron chi connectivity index (χ2n) is 5.37. The monoisotopic (exact) mass is 416 g/mol. The Labute approximate surface area is 155 Å². The molecule has 0 aromatic carbocycles. The topological polar surface area (TPSA) is 218 Å². The molecule has 14 heteroatoms. The Balaban J connectivity index is 0.00000119. The molecule has 1 aliphatic rings. The predicted molar refractivity (Wildman–Crippen MR) is 88.7 cm³/mol. The second kappa shape index (κ2) is 11.3. The minimum absolute atomic E-state index is 0.145. The highest BCUT2D eigenvalue weighted by Gasteiger charge is 2.43. The number of hydrogen-bond acceptors (Lipinski definition) is 9. The van der Waals surface area contributed by atoms with E-state index < -0.39 is 50.8 Å². The van der Waals surface area contributed by atoms with Gasteiger partial charge in [-0.1, -0.05) is 0 Å². The van der Waals surface area contributed by atoms with Gasteiger partial charge >= 0.3 is 13.8 Å². The van der Waals surface area contributed by atoms with E-state index in [1.807, 2.05) is 0 Å². The molecule has 0 aromatic heterocycles. The maximum Gasteiger partial charge on any atom is 0.466 e. The fourth-order valence-electron chi connectivity index (χ4n) is 2.27. The highest BCUT2D eigenvalue weighted by molar-refractivity contribution is 7.45. The molecular formula is C13H25N2O11P. The Morgan fingerprint density at radius 3 is 2.26 bits per heavy atom. The van der Waals surface area contributed by atoms with Crippen molar-refractivity contribution in [2.75, 3.05) is 20.8 Å². The largest absolute Gasteiger partial charge is 0.478 e. The summed E-state index contributed by atoms with van der Waals surface area (Å²) < 4.78 is 24.1. The Kier molecular flexibility index (Phi) is 10.7. The Morgan fingerprint density at radius 1 is 1.37 bits per heavy atom. The van der Waals surface area contributed by atoms with Crippen molar-refractivity contribution < 1.29 is 53.3 Å². The van der Waals surface area contributed by atoms with Crippen LogP contribution in [0.2, 0.25) is 0 Å². The van der Waals surface area contributed by atoms with Crippen LogP contribution < -0.4 is 11.1 Å². The number of aliphatic hydroxyl groups excluding tert-OH is 2. The Hall–Kier alpha value is -1.57. The number of amides is 1. The molecule has 0 bridgehead atoms. The van der Waals surface area contributed by atoms with Crippen LogP contribution in [0.4, 0.5) is 0 Å². The van der Waals surface area contributed by atoms with E-state index in [-0.39, 0.29) is 11.7 Å². The van der Waals surface area contributed by atoms with Gasteiger partial charge in [0.2, 0.25) is 11.7 Å². The number of ether oxygens (including phenoxy) is 3. The van der Waals surface area contributed by atoms with Crippen LogP contribution in [0.3, 0.4) is 0 Å². The molecule has 0 spiro atoms. The smallest absolute Gasteiger partial charge is 0.466 e. The molecule has 1 rings (SSSR count). The summed E-state index contributed by atoms with van der Waals surface area (Å²) in [5.74, 6) is -1.25. The van der Waals surface area contributed by atoms with Crippen LogP contribution in [0.15, 0.2) is 11.8 Å². The molecule has 0 radical (unpaired) electrons. The normalized spacial score (nSPS) is 24.3. The zero-order valence-corrected chi connectivity index (χ0v) is 15.8. The number of carbonyl (C=O) groups is 2. The molecule has 1 amide bonds. The van der Waals surface area contributed by atoms with Gasteiger partial charge in [0.05, 0.1) is 25.8 Å². The van der Waals surface area contributed by atoms with Crippen LogP contribution in [-0.4, -0.2) is 88.0 Å². The van der Waals surface area contributed by atoms with Crippen molar-refractivity contribution >= 4 is 19.7 Å². The van der Waals surface area contributed by atoms with Crippen molar-refractivity contribution in [2.45, 2.75) is 37.3 Å². The third-order valence-corrected chi connectivity index (χ3v) is 3.29. The molecule has 27 heavy (non-hydrogen) atoms. The summed E-state index contributed by atoms with van der Waals surface area (Å²) in [7, 11) is -2.15. The van der Waals surface area contributed by atoms with Gasteiger partial charge in [0.1, 0.15) is 18.3 Å². The first-order valence-corrected chi connectivity index (χ1v) is 9.01. The summed E-state index contributed by atoms with van der Waals surface area (Å²) in [5, 5.41) is 21.6. The van der Waals surface area contributed by atoms with Gasteiger partial charge < -0.3 is 50.2 Å². The number of carbonyl (C=O) groups excluding carboxylic acids is 2. The second-order valence-corrected chi connectivity index (χ2v) is 6.40. The molecule has 8 N–H and O–H groups in total. The van der Waals surface area contributed by atoms with Crippen LogP contribution in [0.25, 0.3) is 0 Å². The molecular weight excluding hydrogens is 391 g/mol. The molecule has 1 heterocycles. The van der Waals surface area contributed by atoms with Crippen molar-refractivity contribution in [3.8, 4) is 0 Å². The van der Waals surface area contributed by atoms with Gasteiger partial charge in [0.25, 0.3) is 0 Å².